The number of hydrogen-bond donors (Lipinski definition) is 0. The molecule has 1 aliphatic carbocycles. The SMILES string of the molecule is [CH2]c1cc(C(C)C)cc(C2CC2)c1. The first-order chi connectivity index (χ1) is 6.16. The molecule has 0 aliphatic heterocycles. The lowest BCUT2D eigenvalue weighted by molar-refractivity contribution is 0.861. The predicted octanol–water partition coefficient (Wildman–Crippen LogP) is 3.87. The molecule has 0 amide bonds. The third-order valence-electron chi connectivity index (χ3n) is 2.75. The van der Waals surface area contributed by atoms with Crippen LogP contribution in [0.3, 0.4) is 0 Å². The Balaban J connectivity index is 2.36. The van der Waals surface area contributed by atoms with Crippen molar-refractivity contribution in [3.63, 3.8) is 0 Å². The Labute approximate surface area is 81.0 Å². The van der Waals surface area contributed by atoms with Crippen molar-refractivity contribution in [3.05, 3.63) is 41.8 Å². The number of hydrogen-bond acceptors (Lipinski definition) is 0. The summed E-state index contributed by atoms with van der Waals surface area (Å²) < 4.78 is 0. The van der Waals surface area contributed by atoms with E-state index in [4.69, 9.17) is 0 Å². The first-order valence-electron chi connectivity index (χ1n) is 5.13. The largest absolute Gasteiger partial charge is 0.0587 e. The van der Waals surface area contributed by atoms with E-state index in [-0.39, 0.29) is 0 Å². The van der Waals surface area contributed by atoms with Crippen molar-refractivity contribution in [3.8, 4) is 0 Å². The third-order valence-corrected chi connectivity index (χ3v) is 2.75. The van der Waals surface area contributed by atoms with Crippen LogP contribution < -0.4 is 0 Å². The predicted molar refractivity (Wildman–Crippen MR) is 57.0 cm³/mol. The molecule has 1 aromatic rings. The summed E-state index contributed by atoms with van der Waals surface area (Å²) in [5.74, 6) is 1.47. The molecule has 0 N–H and O–H groups in total. The van der Waals surface area contributed by atoms with Crippen molar-refractivity contribution >= 4 is 0 Å². The molecule has 2 rings (SSSR count). The van der Waals surface area contributed by atoms with Gasteiger partial charge in [0, 0.05) is 0 Å². The molecule has 0 unspecified atom stereocenters. The van der Waals surface area contributed by atoms with Crippen LogP contribution in [0.15, 0.2) is 18.2 Å². The highest BCUT2D eigenvalue weighted by Crippen LogP contribution is 2.41. The summed E-state index contributed by atoms with van der Waals surface area (Å²) in [5.41, 5.74) is 4.12. The molecule has 0 nitrogen and oxygen atoms in total. The van der Waals surface area contributed by atoms with Gasteiger partial charge in [-0.05, 0) is 48.3 Å². The highest BCUT2D eigenvalue weighted by Gasteiger charge is 2.23. The summed E-state index contributed by atoms with van der Waals surface area (Å²) in [7, 11) is 0. The fourth-order valence-electron chi connectivity index (χ4n) is 1.73. The lowest BCUT2D eigenvalue weighted by Crippen LogP contribution is -1.91. The van der Waals surface area contributed by atoms with Gasteiger partial charge in [-0.15, -0.1) is 0 Å². The summed E-state index contributed by atoms with van der Waals surface area (Å²) in [6.07, 6.45) is 2.75. The van der Waals surface area contributed by atoms with E-state index >= 15 is 0 Å². The minimum Gasteiger partial charge on any atom is -0.0587 e. The molecular weight excluding hydrogens is 156 g/mol. The zero-order chi connectivity index (χ0) is 9.42. The van der Waals surface area contributed by atoms with Crippen LogP contribution in [0.1, 0.15) is 55.2 Å². The molecule has 69 valence electrons. The molecular formula is C13H17. The van der Waals surface area contributed by atoms with E-state index in [0.29, 0.717) is 5.92 Å². The summed E-state index contributed by atoms with van der Waals surface area (Å²) in [6, 6.07) is 6.80. The first-order valence-corrected chi connectivity index (χ1v) is 5.13. The average Bonchev–Trinajstić information content (AvgIpc) is 2.85. The Hall–Kier alpha value is -0.780. The van der Waals surface area contributed by atoms with Crippen LogP contribution >= 0.6 is 0 Å². The van der Waals surface area contributed by atoms with Gasteiger partial charge in [-0.3, -0.25) is 0 Å². The molecule has 1 saturated carbocycles. The summed E-state index contributed by atoms with van der Waals surface area (Å²) >= 11 is 0. The van der Waals surface area contributed by atoms with Crippen LogP contribution in [-0.4, -0.2) is 0 Å². The van der Waals surface area contributed by atoms with Crippen molar-refractivity contribution in [2.75, 3.05) is 0 Å². The second-order valence-electron chi connectivity index (χ2n) is 4.44. The van der Waals surface area contributed by atoms with Crippen molar-refractivity contribution in [2.45, 2.75) is 38.5 Å². The first kappa shape index (κ1) is 8.80. The van der Waals surface area contributed by atoms with Crippen molar-refractivity contribution in [1.29, 1.82) is 0 Å². The summed E-state index contributed by atoms with van der Waals surface area (Å²) in [5, 5.41) is 0. The number of rotatable bonds is 2. The van der Waals surface area contributed by atoms with Gasteiger partial charge < -0.3 is 0 Å². The van der Waals surface area contributed by atoms with Gasteiger partial charge in [0.25, 0.3) is 0 Å². The Bertz CT molecular complexity index is 286. The van der Waals surface area contributed by atoms with E-state index in [0.717, 1.165) is 5.92 Å². The maximum absolute atomic E-state index is 4.03. The van der Waals surface area contributed by atoms with Crippen molar-refractivity contribution < 1.29 is 0 Å². The van der Waals surface area contributed by atoms with Crippen LogP contribution in [0.4, 0.5) is 0 Å². The van der Waals surface area contributed by atoms with Gasteiger partial charge >= 0.3 is 0 Å². The van der Waals surface area contributed by atoms with Crippen LogP contribution in [0.25, 0.3) is 0 Å². The van der Waals surface area contributed by atoms with Gasteiger partial charge in [0.05, 0.1) is 0 Å². The molecule has 0 bridgehead atoms. The van der Waals surface area contributed by atoms with E-state index in [1.807, 2.05) is 0 Å². The van der Waals surface area contributed by atoms with E-state index in [2.05, 4.69) is 39.0 Å². The highest BCUT2D eigenvalue weighted by molar-refractivity contribution is 5.36. The van der Waals surface area contributed by atoms with Crippen molar-refractivity contribution in [2.24, 2.45) is 0 Å². The van der Waals surface area contributed by atoms with Gasteiger partial charge in [0.15, 0.2) is 0 Å². The standard InChI is InChI=1S/C13H17/c1-9(2)12-6-10(3)7-13(8-12)11-4-5-11/h6-9,11H,3-5H2,1-2H3. The number of benzene rings is 1. The molecule has 1 aromatic carbocycles. The van der Waals surface area contributed by atoms with Crippen LogP contribution in [-0.2, 0) is 0 Å². The van der Waals surface area contributed by atoms with Crippen LogP contribution in [0.5, 0.6) is 0 Å². The molecule has 0 saturated heterocycles. The molecule has 0 aromatic heterocycles. The lowest BCUT2D eigenvalue weighted by Gasteiger charge is -2.09. The zero-order valence-electron chi connectivity index (χ0n) is 8.51. The van der Waals surface area contributed by atoms with Gasteiger partial charge in [-0.25, -0.2) is 0 Å². The maximum atomic E-state index is 4.03. The fraction of sp³-hybridized carbons (Fsp3) is 0.462. The molecule has 1 radical (unpaired) electrons. The zero-order valence-corrected chi connectivity index (χ0v) is 8.51. The Morgan fingerprint density at radius 2 is 1.92 bits per heavy atom. The monoisotopic (exact) mass is 173 g/mol. The second kappa shape index (κ2) is 3.17. The fourth-order valence-corrected chi connectivity index (χ4v) is 1.73. The second-order valence-corrected chi connectivity index (χ2v) is 4.44. The Morgan fingerprint density at radius 3 is 2.46 bits per heavy atom. The van der Waals surface area contributed by atoms with Gasteiger partial charge in [-0.2, -0.15) is 0 Å². The molecule has 13 heavy (non-hydrogen) atoms. The van der Waals surface area contributed by atoms with Crippen LogP contribution in [0, 0.1) is 6.92 Å². The molecule has 0 atom stereocenters. The topological polar surface area (TPSA) is 0 Å². The Morgan fingerprint density at radius 1 is 1.23 bits per heavy atom. The third kappa shape index (κ3) is 1.93. The smallest absolute Gasteiger partial charge is 0.0161 e. The molecule has 1 aliphatic rings. The lowest BCUT2D eigenvalue weighted by atomic mass is 9.96. The molecule has 0 heterocycles. The quantitative estimate of drug-likeness (QED) is 0.637. The van der Waals surface area contributed by atoms with Crippen molar-refractivity contribution in [1.82, 2.24) is 0 Å². The van der Waals surface area contributed by atoms with E-state index in [1.165, 1.54) is 29.5 Å². The normalized spacial score (nSPS) is 16.6. The van der Waals surface area contributed by atoms with Crippen LogP contribution in [0.2, 0.25) is 0 Å². The maximum Gasteiger partial charge on any atom is -0.0161 e. The summed E-state index contributed by atoms with van der Waals surface area (Å²) in [4.78, 5) is 0. The molecule has 0 spiro atoms. The van der Waals surface area contributed by atoms with Gasteiger partial charge in [0.2, 0.25) is 0 Å². The van der Waals surface area contributed by atoms with E-state index in [1.54, 1.807) is 0 Å². The Kier molecular flexibility index (Phi) is 2.15. The summed E-state index contributed by atoms with van der Waals surface area (Å²) in [6.45, 7) is 8.52. The van der Waals surface area contributed by atoms with E-state index in [9.17, 15) is 0 Å². The van der Waals surface area contributed by atoms with Gasteiger partial charge in [0.1, 0.15) is 0 Å². The minimum absolute atomic E-state index is 0.624. The highest BCUT2D eigenvalue weighted by atomic mass is 14.3. The van der Waals surface area contributed by atoms with E-state index < -0.39 is 0 Å². The van der Waals surface area contributed by atoms with Gasteiger partial charge in [-0.1, -0.05) is 32.0 Å². The minimum atomic E-state index is 0.624. The molecule has 1 fully saturated rings. The average molecular weight is 173 g/mol. The molecule has 0 heteroatoms.